The normalized spacial score (nSPS) is 20.6. The summed E-state index contributed by atoms with van der Waals surface area (Å²) in [6.45, 7) is 2.76. The number of aliphatic hydroxyl groups is 1. The van der Waals surface area contributed by atoms with E-state index in [0.29, 0.717) is 38.3 Å². The summed E-state index contributed by atoms with van der Waals surface area (Å²) in [5.41, 5.74) is 0.364. The maximum atomic E-state index is 13.3. The van der Waals surface area contributed by atoms with Crippen molar-refractivity contribution in [3.05, 3.63) is 48.1 Å². The van der Waals surface area contributed by atoms with Gasteiger partial charge in [0, 0.05) is 19.6 Å². The van der Waals surface area contributed by atoms with E-state index in [0.717, 1.165) is 12.1 Å². The number of ether oxygens (including phenoxy) is 1. The first kappa shape index (κ1) is 16.0. The molecule has 8 heteroatoms. The number of aromatic nitrogens is 3. The minimum atomic E-state index is -0.951. The standard InChI is InChI=1S/C15H18F2N4O2/c16-13-2-1-11(5-14(13)17)15(22)8-20-3-4-23-12(6-20)7-21-10-18-9-19-21/h1-2,5,9-10,12,15,22H,3-4,6-8H2/t12-,15+/m1/s1. The van der Waals surface area contributed by atoms with Gasteiger partial charge in [-0.15, -0.1) is 0 Å². The molecule has 0 aliphatic carbocycles. The van der Waals surface area contributed by atoms with Crippen LogP contribution < -0.4 is 0 Å². The molecule has 23 heavy (non-hydrogen) atoms. The largest absolute Gasteiger partial charge is 0.387 e. The molecular weight excluding hydrogens is 306 g/mol. The van der Waals surface area contributed by atoms with Crippen LogP contribution in [-0.2, 0) is 11.3 Å². The third-order valence-corrected chi connectivity index (χ3v) is 3.84. The lowest BCUT2D eigenvalue weighted by Gasteiger charge is -2.34. The molecule has 0 radical (unpaired) electrons. The van der Waals surface area contributed by atoms with Gasteiger partial charge in [-0.2, -0.15) is 5.10 Å². The fourth-order valence-electron chi connectivity index (χ4n) is 2.66. The molecule has 0 bridgehead atoms. The lowest BCUT2D eigenvalue weighted by Crippen LogP contribution is -2.45. The summed E-state index contributed by atoms with van der Waals surface area (Å²) in [5, 5.41) is 14.3. The van der Waals surface area contributed by atoms with Crippen molar-refractivity contribution in [2.75, 3.05) is 26.2 Å². The summed E-state index contributed by atoms with van der Waals surface area (Å²) < 4.78 is 33.6. The fourth-order valence-corrected chi connectivity index (χ4v) is 2.66. The Morgan fingerprint density at radius 3 is 2.96 bits per heavy atom. The highest BCUT2D eigenvalue weighted by molar-refractivity contribution is 5.20. The predicted molar refractivity (Wildman–Crippen MR) is 77.5 cm³/mol. The Labute approximate surface area is 132 Å². The van der Waals surface area contributed by atoms with Crippen molar-refractivity contribution in [3.63, 3.8) is 0 Å². The van der Waals surface area contributed by atoms with Crippen molar-refractivity contribution >= 4 is 0 Å². The van der Waals surface area contributed by atoms with Crippen molar-refractivity contribution in [1.29, 1.82) is 0 Å². The summed E-state index contributed by atoms with van der Waals surface area (Å²) in [7, 11) is 0. The topological polar surface area (TPSA) is 63.4 Å². The third-order valence-electron chi connectivity index (χ3n) is 3.84. The van der Waals surface area contributed by atoms with Crippen LogP contribution in [0.3, 0.4) is 0 Å². The Morgan fingerprint density at radius 2 is 2.22 bits per heavy atom. The number of nitrogens with zero attached hydrogens (tertiary/aromatic N) is 4. The lowest BCUT2D eigenvalue weighted by atomic mass is 10.1. The van der Waals surface area contributed by atoms with Crippen LogP contribution in [0.4, 0.5) is 8.78 Å². The maximum absolute atomic E-state index is 13.3. The molecule has 3 rings (SSSR count). The average Bonchev–Trinajstić information content (AvgIpc) is 3.03. The molecule has 1 aliphatic heterocycles. The second-order valence-corrected chi connectivity index (χ2v) is 5.56. The summed E-state index contributed by atoms with van der Waals surface area (Å²) in [6, 6.07) is 3.46. The Kier molecular flexibility index (Phi) is 4.94. The van der Waals surface area contributed by atoms with E-state index < -0.39 is 17.7 Å². The van der Waals surface area contributed by atoms with E-state index >= 15 is 0 Å². The molecule has 1 fully saturated rings. The molecule has 0 amide bonds. The van der Waals surface area contributed by atoms with Crippen LogP contribution in [0.5, 0.6) is 0 Å². The van der Waals surface area contributed by atoms with Gasteiger partial charge in [-0.3, -0.25) is 9.58 Å². The molecule has 6 nitrogen and oxygen atoms in total. The SMILES string of the molecule is O[C@@H](CN1CCO[C@@H](Cn2cncn2)C1)c1ccc(F)c(F)c1. The first-order chi connectivity index (χ1) is 11.1. The van der Waals surface area contributed by atoms with Crippen molar-refractivity contribution in [3.8, 4) is 0 Å². The molecule has 1 aromatic heterocycles. The van der Waals surface area contributed by atoms with Gasteiger partial charge in [0.15, 0.2) is 11.6 Å². The highest BCUT2D eigenvalue weighted by Gasteiger charge is 2.23. The number of benzene rings is 1. The number of halogens is 2. The number of hydrogen-bond acceptors (Lipinski definition) is 5. The molecule has 1 aliphatic rings. The molecule has 1 saturated heterocycles. The molecular formula is C15H18F2N4O2. The number of aliphatic hydroxyl groups excluding tert-OH is 1. The Bertz CT molecular complexity index is 638. The molecule has 2 atom stereocenters. The lowest BCUT2D eigenvalue weighted by molar-refractivity contribution is -0.0487. The Hall–Kier alpha value is -1.90. The number of β-amino-alcohol motifs (C(OH)–C–C–N with tert-alkyl or cyclic N) is 1. The van der Waals surface area contributed by atoms with Crippen LogP contribution in [0.15, 0.2) is 30.9 Å². The monoisotopic (exact) mass is 324 g/mol. The van der Waals surface area contributed by atoms with Gasteiger partial charge in [0.2, 0.25) is 0 Å². The molecule has 0 spiro atoms. The van der Waals surface area contributed by atoms with E-state index in [2.05, 4.69) is 10.1 Å². The predicted octanol–water partition coefficient (Wildman–Crippen LogP) is 0.991. The van der Waals surface area contributed by atoms with E-state index in [1.54, 1.807) is 11.0 Å². The fraction of sp³-hybridized carbons (Fsp3) is 0.467. The van der Waals surface area contributed by atoms with Crippen molar-refractivity contribution in [2.45, 2.75) is 18.8 Å². The zero-order chi connectivity index (χ0) is 16.2. The van der Waals surface area contributed by atoms with Crippen LogP contribution in [0.1, 0.15) is 11.7 Å². The third kappa shape index (κ3) is 4.10. The average molecular weight is 324 g/mol. The minimum Gasteiger partial charge on any atom is -0.387 e. The van der Waals surface area contributed by atoms with Crippen LogP contribution >= 0.6 is 0 Å². The number of morpholine rings is 1. The van der Waals surface area contributed by atoms with E-state index in [9.17, 15) is 13.9 Å². The van der Waals surface area contributed by atoms with Gasteiger partial charge in [-0.05, 0) is 17.7 Å². The molecule has 2 heterocycles. The van der Waals surface area contributed by atoms with Crippen LogP contribution in [0, 0.1) is 11.6 Å². The molecule has 1 aromatic carbocycles. The van der Waals surface area contributed by atoms with Gasteiger partial charge >= 0.3 is 0 Å². The van der Waals surface area contributed by atoms with E-state index in [-0.39, 0.29) is 6.10 Å². The van der Waals surface area contributed by atoms with E-state index in [1.165, 1.54) is 12.4 Å². The first-order valence-corrected chi connectivity index (χ1v) is 7.41. The summed E-state index contributed by atoms with van der Waals surface area (Å²) in [6.07, 6.45) is 2.16. The molecule has 1 N–H and O–H groups in total. The highest BCUT2D eigenvalue weighted by atomic mass is 19.2. The van der Waals surface area contributed by atoms with E-state index in [4.69, 9.17) is 4.74 Å². The van der Waals surface area contributed by atoms with Crippen LogP contribution in [0.2, 0.25) is 0 Å². The van der Waals surface area contributed by atoms with Gasteiger partial charge in [0.05, 0.1) is 25.4 Å². The quantitative estimate of drug-likeness (QED) is 0.889. The maximum Gasteiger partial charge on any atom is 0.159 e. The summed E-state index contributed by atoms with van der Waals surface area (Å²) in [5.74, 6) is -1.87. The van der Waals surface area contributed by atoms with Gasteiger partial charge < -0.3 is 9.84 Å². The van der Waals surface area contributed by atoms with Crippen molar-refractivity contribution < 1.29 is 18.6 Å². The highest BCUT2D eigenvalue weighted by Crippen LogP contribution is 2.19. The van der Waals surface area contributed by atoms with Crippen LogP contribution in [0.25, 0.3) is 0 Å². The number of hydrogen-bond donors (Lipinski definition) is 1. The van der Waals surface area contributed by atoms with Gasteiger partial charge in [0.1, 0.15) is 12.7 Å². The van der Waals surface area contributed by atoms with E-state index in [1.807, 2.05) is 4.90 Å². The first-order valence-electron chi connectivity index (χ1n) is 7.41. The van der Waals surface area contributed by atoms with Crippen LogP contribution in [-0.4, -0.2) is 57.1 Å². The van der Waals surface area contributed by atoms with Crippen molar-refractivity contribution in [1.82, 2.24) is 19.7 Å². The molecule has 124 valence electrons. The smallest absolute Gasteiger partial charge is 0.159 e. The Morgan fingerprint density at radius 1 is 1.35 bits per heavy atom. The zero-order valence-corrected chi connectivity index (χ0v) is 12.5. The second-order valence-electron chi connectivity index (χ2n) is 5.56. The molecule has 2 aromatic rings. The minimum absolute atomic E-state index is 0.0531. The van der Waals surface area contributed by atoms with Gasteiger partial charge in [0.25, 0.3) is 0 Å². The zero-order valence-electron chi connectivity index (χ0n) is 12.5. The Balaban J connectivity index is 1.57. The van der Waals surface area contributed by atoms with Gasteiger partial charge in [-0.1, -0.05) is 6.07 Å². The number of rotatable bonds is 5. The molecule has 0 saturated carbocycles. The summed E-state index contributed by atoms with van der Waals surface area (Å²) in [4.78, 5) is 5.93. The van der Waals surface area contributed by atoms with Crippen molar-refractivity contribution in [2.24, 2.45) is 0 Å². The second kappa shape index (κ2) is 7.12. The molecule has 0 unspecified atom stereocenters. The summed E-state index contributed by atoms with van der Waals surface area (Å²) >= 11 is 0. The van der Waals surface area contributed by atoms with Gasteiger partial charge in [-0.25, -0.2) is 13.8 Å².